The lowest BCUT2D eigenvalue weighted by atomic mass is 10.1. The van der Waals surface area contributed by atoms with E-state index >= 15 is 0 Å². The van der Waals surface area contributed by atoms with Gasteiger partial charge in [0.1, 0.15) is 0 Å². The van der Waals surface area contributed by atoms with Gasteiger partial charge in [-0.15, -0.1) is 0 Å². The Morgan fingerprint density at radius 3 is 2.50 bits per heavy atom. The molecule has 1 rings (SSSR count). The van der Waals surface area contributed by atoms with Crippen LogP contribution >= 0.6 is 11.6 Å². The number of hydrogen-bond donors (Lipinski definition) is 0. The number of nitrogens with zero attached hydrogens (tertiary/aromatic N) is 1. The molecule has 0 amide bonds. The van der Waals surface area contributed by atoms with Gasteiger partial charge < -0.3 is 4.74 Å². The van der Waals surface area contributed by atoms with Gasteiger partial charge in [-0.2, -0.15) is 0 Å². The van der Waals surface area contributed by atoms with Crippen LogP contribution in [0.4, 0.5) is 0 Å². The highest BCUT2D eigenvalue weighted by molar-refractivity contribution is 6.30. The average molecular weight is 242 g/mol. The van der Waals surface area contributed by atoms with E-state index in [9.17, 15) is 4.79 Å². The van der Waals surface area contributed by atoms with Gasteiger partial charge >= 0.3 is 5.97 Å². The summed E-state index contributed by atoms with van der Waals surface area (Å²) in [6.07, 6.45) is 0. The molecular weight excluding hydrogens is 226 g/mol. The lowest BCUT2D eigenvalue weighted by Crippen LogP contribution is -2.29. The van der Waals surface area contributed by atoms with Crippen LogP contribution in [0, 0.1) is 0 Å². The van der Waals surface area contributed by atoms with E-state index in [-0.39, 0.29) is 18.6 Å². The number of benzene rings is 1. The highest BCUT2D eigenvalue weighted by Crippen LogP contribution is 2.20. The van der Waals surface area contributed by atoms with Crippen molar-refractivity contribution >= 4 is 17.6 Å². The molecule has 1 unspecified atom stereocenters. The summed E-state index contributed by atoms with van der Waals surface area (Å²) in [5.41, 5.74) is 1.12. The molecule has 0 heterocycles. The second kappa shape index (κ2) is 5.87. The van der Waals surface area contributed by atoms with E-state index in [1.54, 1.807) is 0 Å². The summed E-state index contributed by atoms with van der Waals surface area (Å²) in [5, 5.41) is 0.714. The summed E-state index contributed by atoms with van der Waals surface area (Å²) in [7, 11) is 3.28. The molecule has 1 atom stereocenters. The van der Waals surface area contributed by atoms with Gasteiger partial charge in [-0.1, -0.05) is 23.7 Å². The van der Waals surface area contributed by atoms with Crippen molar-refractivity contribution in [3.05, 3.63) is 34.9 Å². The van der Waals surface area contributed by atoms with Crippen LogP contribution < -0.4 is 0 Å². The number of esters is 1. The van der Waals surface area contributed by atoms with Gasteiger partial charge in [-0.05, 0) is 31.7 Å². The second-order valence-corrected chi connectivity index (χ2v) is 4.16. The molecule has 0 radical (unpaired) electrons. The molecule has 0 saturated heterocycles. The average Bonchev–Trinajstić information content (AvgIpc) is 2.28. The van der Waals surface area contributed by atoms with Crippen LogP contribution in [-0.2, 0) is 9.53 Å². The van der Waals surface area contributed by atoms with Crippen molar-refractivity contribution in [1.82, 2.24) is 4.90 Å². The number of hydrogen-bond acceptors (Lipinski definition) is 3. The minimum absolute atomic E-state index is 0.149. The molecule has 0 N–H and O–H groups in total. The van der Waals surface area contributed by atoms with E-state index in [1.807, 2.05) is 43.1 Å². The summed E-state index contributed by atoms with van der Waals surface area (Å²) < 4.78 is 4.62. The summed E-state index contributed by atoms with van der Waals surface area (Å²) >= 11 is 5.81. The second-order valence-electron chi connectivity index (χ2n) is 3.72. The Morgan fingerprint density at radius 2 is 2.00 bits per heavy atom. The molecule has 88 valence electrons. The lowest BCUT2D eigenvalue weighted by Gasteiger charge is -2.23. The van der Waals surface area contributed by atoms with Crippen molar-refractivity contribution in [1.29, 1.82) is 0 Å². The Morgan fingerprint density at radius 1 is 1.44 bits per heavy atom. The molecule has 0 saturated carbocycles. The smallest absolute Gasteiger partial charge is 0.319 e. The third-order valence-corrected chi connectivity index (χ3v) is 2.87. The molecular formula is C12H16ClNO2. The first-order valence-electron chi connectivity index (χ1n) is 5.07. The van der Waals surface area contributed by atoms with Gasteiger partial charge in [0.25, 0.3) is 0 Å². The SMILES string of the molecule is COC(=O)CN(C)C(C)c1ccc(Cl)cc1. The third kappa shape index (κ3) is 3.51. The first-order valence-corrected chi connectivity index (χ1v) is 5.45. The molecule has 3 nitrogen and oxygen atoms in total. The van der Waals surface area contributed by atoms with Crippen molar-refractivity contribution < 1.29 is 9.53 Å². The van der Waals surface area contributed by atoms with Crippen LogP contribution in [0.3, 0.4) is 0 Å². The molecule has 0 aliphatic rings. The van der Waals surface area contributed by atoms with Crippen LogP contribution in [0.1, 0.15) is 18.5 Å². The number of methoxy groups -OCH3 is 1. The van der Waals surface area contributed by atoms with Crippen LogP contribution in [0.2, 0.25) is 5.02 Å². The zero-order valence-electron chi connectivity index (χ0n) is 9.74. The van der Waals surface area contributed by atoms with Crippen LogP contribution in [0.15, 0.2) is 24.3 Å². The largest absolute Gasteiger partial charge is 0.468 e. The Bertz CT molecular complexity index is 351. The van der Waals surface area contributed by atoms with Gasteiger partial charge in [0.15, 0.2) is 0 Å². The minimum atomic E-state index is -0.233. The van der Waals surface area contributed by atoms with Crippen molar-refractivity contribution in [2.45, 2.75) is 13.0 Å². The molecule has 0 aliphatic heterocycles. The summed E-state index contributed by atoms with van der Waals surface area (Å²) in [5.74, 6) is -0.233. The number of carbonyl (C=O) groups is 1. The van der Waals surface area contributed by atoms with E-state index in [0.717, 1.165) is 5.56 Å². The normalized spacial score (nSPS) is 12.6. The standard InChI is InChI=1S/C12H16ClNO2/c1-9(14(2)8-12(15)16-3)10-4-6-11(13)7-5-10/h4-7,9H,8H2,1-3H3. The van der Waals surface area contributed by atoms with Crippen molar-refractivity contribution in [2.24, 2.45) is 0 Å². The molecule has 0 spiro atoms. The Labute approximate surface area is 101 Å². The first kappa shape index (κ1) is 13.0. The summed E-state index contributed by atoms with van der Waals surface area (Å²) in [6, 6.07) is 7.76. The predicted molar refractivity (Wildman–Crippen MR) is 64.5 cm³/mol. The number of carbonyl (C=O) groups excluding carboxylic acids is 1. The Hall–Kier alpha value is -1.06. The zero-order chi connectivity index (χ0) is 12.1. The third-order valence-electron chi connectivity index (χ3n) is 2.62. The van der Waals surface area contributed by atoms with E-state index in [0.29, 0.717) is 5.02 Å². The number of likely N-dealkylation sites (N-methyl/N-ethyl adjacent to an activating group) is 1. The van der Waals surface area contributed by atoms with Crippen molar-refractivity contribution in [2.75, 3.05) is 20.7 Å². The minimum Gasteiger partial charge on any atom is -0.468 e. The van der Waals surface area contributed by atoms with Crippen LogP contribution in [0.25, 0.3) is 0 Å². The monoisotopic (exact) mass is 241 g/mol. The number of rotatable bonds is 4. The Kier molecular flexibility index (Phi) is 4.77. The molecule has 0 aromatic heterocycles. The first-order chi connectivity index (χ1) is 7.54. The quantitative estimate of drug-likeness (QED) is 0.759. The van der Waals surface area contributed by atoms with E-state index < -0.39 is 0 Å². The van der Waals surface area contributed by atoms with E-state index in [1.165, 1.54) is 7.11 Å². The predicted octanol–water partition coefficient (Wildman–Crippen LogP) is 2.51. The van der Waals surface area contributed by atoms with E-state index in [4.69, 9.17) is 11.6 Å². The maximum absolute atomic E-state index is 11.1. The fourth-order valence-electron chi connectivity index (χ4n) is 1.40. The molecule has 1 aromatic rings. The van der Waals surface area contributed by atoms with Gasteiger partial charge in [0, 0.05) is 11.1 Å². The van der Waals surface area contributed by atoms with Crippen LogP contribution in [-0.4, -0.2) is 31.6 Å². The fraction of sp³-hybridized carbons (Fsp3) is 0.417. The van der Waals surface area contributed by atoms with Gasteiger partial charge in [0.05, 0.1) is 13.7 Å². The maximum Gasteiger partial charge on any atom is 0.319 e. The van der Waals surface area contributed by atoms with Gasteiger partial charge in [0.2, 0.25) is 0 Å². The summed E-state index contributed by atoms with van der Waals surface area (Å²) in [4.78, 5) is 13.1. The number of ether oxygens (including phenoxy) is 1. The molecule has 0 bridgehead atoms. The molecule has 1 aromatic carbocycles. The molecule has 16 heavy (non-hydrogen) atoms. The molecule has 0 fully saturated rings. The zero-order valence-corrected chi connectivity index (χ0v) is 10.5. The summed E-state index contributed by atoms with van der Waals surface area (Å²) in [6.45, 7) is 2.31. The Balaban J connectivity index is 2.66. The van der Waals surface area contributed by atoms with Gasteiger partial charge in [-0.25, -0.2) is 0 Å². The van der Waals surface area contributed by atoms with Crippen molar-refractivity contribution in [3.63, 3.8) is 0 Å². The fourth-order valence-corrected chi connectivity index (χ4v) is 1.53. The molecule has 4 heteroatoms. The van der Waals surface area contributed by atoms with E-state index in [2.05, 4.69) is 4.74 Å². The highest BCUT2D eigenvalue weighted by Gasteiger charge is 2.14. The van der Waals surface area contributed by atoms with Crippen molar-refractivity contribution in [3.8, 4) is 0 Å². The van der Waals surface area contributed by atoms with Gasteiger partial charge in [-0.3, -0.25) is 9.69 Å². The topological polar surface area (TPSA) is 29.5 Å². The number of halogens is 1. The van der Waals surface area contributed by atoms with Crippen LogP contribution in [0.5, 0.6) is 0 Å². The lowest BCUT2D eigenvalue weighted by molar-refractivity contribution is -0.142. The molecule has 0 aliphatic carbocycles. The highest BCUT2D eigenvalue weighted by atomic mass is 35.5. The maximum atomic E-state index is 11.1.